The Labute approximate surface area is 116 Å². The highest BCUT2D eigenvalue weighted by Gasteiger charge is 2.32. The number of ether oxygens (including phenoxy) is 1. The zero-order valence-electron chi connectivity index (χ0n) is 12.4. The number of nitrogens with one attached hydrogen (secondary N) is 1. The zero-order chi connectivity index (χ0) is 13.9. The minimum Gasteiger partial charge on any atom is -0.372 e. The minimum atomic E-state index is 0.351. The first-order valence-corrected chi connectivity index (χ1v) is 7.09. The van der Waals surface area contributed by atoms with Crippen LogP contribution in [0, 0.1) is 11.3 Å². The van der Waals surface area contributed by atoms with E-state index in [9.17, 15) is 0 Å². The molecule has 1 aromatic rings. The minimum absolute atomic E-state index is 0.351. The molecule has 0 bridgehead atoms. The third kappa shape index (κ3) is 4.16. The van der Waals surface area contributed by atoms with Crippen LogP contribution < -0.4 is 5.32 Å². The molecule has 2 unspecified atom stereocenters. The summed E-state index contributed by atoms with van der Waals surface area (Å²) < 4.78 is 6.03. The molecule has 1 heterocycles. The second-order valence-corrected chi connectivity index (χ2v) is 6.49. The van der Waals surface area contributed by atoms with Gasteiger partial charge >= 0.3 is 0 Å². The van der Waals surface area contributed by atoms with E-state index in [0.29, 0.717) is 18.1 Å². The number of nitrogens with zero attached hydrogens (tertiary/aromatic N) is 2. The number of rotatable bonds is 4. The average Bonchev–Trinajstić information content (AvgIpc) is 2.34. The van der Waals surface area contributed by atoms with E-state index >= 15 is 0 Å². The van der Waals surface area contributed by atoms with Gasteiger partial charge in [0.15, 0.2) is 0 Å². The van der Waals surface area contributed by atoms with Gasteiger partial charge in [-0.2, -0.15) is 0 Å². The molecule has 1 fully saturated rings. The maximum absolute atomic E-state index is 6.03. The van der Waals surface area contributed by atoms with Crippen molar-refractivity contribution in [3.05, 3.63) is 18.1 Å². The highest BCUT2D eigenvalue weighted by molar-refractivity contribution is 5.29. The highest BCUT2D eigenvalue weighted by Crippen LogP contribution is 2.39. The van der Waals surface area contributed by atoms with Crippen molar-refractivity contribution in [2.24, 2.45) is 11.3 Å². The van der Waals surface area contributed by atoms with E-state index in [1.807, 2.05) is 7.05 Å². The van der Waals surface area contributed by atoms with Crippen molar-refractivity contribution in [1.29, 1.82) is 0 Å². The van der Waals surface area contributed by atoms with Crippen molar-refractivity contribution in [1.82, 2.24) is 9.97 Å². The third-order valence-electron chi connectivity index (χ3n) is 3.77. The maximum Gasteiger partial charge on any atom is 0.144 e. The summed E-state index contributed by atoms with van der Waals surface area (Å²) in [6, 6.07) is 0. The van der Waals surface area contributed by atoms with E-state index in [2.05, 4.69) is 36.1 Å². The van der Waals surface area contributed by atoms with Gasteiger partial charge in [0.25, 0.3) is 0 Å². The predicted octanol–water partition coefficient (Wildman–Crippen LogP) is 3.25. The molecule has 0 spiro atoms. The number of hydrogen-bond acceptors (Lipinski definition) is 4. The predicted molar refractivity (Wildman–Crippen MR) is 77.0 cm³/mol. The first kappa shape index (κ1) is 14.3. The van der Waals surface area contributed by atoms with E-state index in [0.717, 1.165) is 30.3 Å². The third-order valence-corrected chi connectivity index (χ3v) is 3.77. The normalized spacial score (nSPS) is 26.1. The Balaban J connectivity index is 1.87. The molecule has 1 saturated carbocycles. The van der Waals surface area contributed by atoms with Gasteiger partial charge in [0.1, 0.15) is 5.82 Å². The molecule has 1 aliphatic carbocycles. The van der Waals surface area contributed by atoms with Gasteiger partial charge in [-0.25, -0.2) is 4.98 Å². The second kappa shape index (κ2) is 5.87. The smallest absolute Gasteiger partial charge is 0.144 e. The molecule has 0 saturated heterocycles. The van der Waals surface area contributed by atoms with Crippen LogP contribution in [0.3, 0.4) is 0 Å². The van der Waals surface area contributed by atoms with E-state index in [-0.39, 0.29) is 0 Å². The monoisotopic (exact) mass is 263 g/mol. The lowest BCUT2D eigenvalue weighted by Gasteiger charge is -2.38. The first-order chi connectivity index (χ1) is 8.98. The van der Waals surface area contributed by atoms with Crippen molar-refractivity contribution in [2.75, 3.05) is 12.4 Å². The Bertz CT molecular complexity index is 402. The van der Waals surface area contributed by atoms with Crippen LogP contribution in [-0.2, 0) is 11.3 Å². The molecule has 4 heteroatoms. The summed E-state index contributed by atoms with van der Waals surface area (Å²) in [5.41, 5.74) is 1.29. The maximum atomic E-state index is 6.03. The SMILES string of the molecule is CNc1cnc(COC2CC(C)CC(C)(C)C2)cn1. The van der Waals surface area contributed by atoms with Crippen LogP contribution in [-0.4, -0.2) is 23.1 Å². The summed E-state index contributed by atoms with van der Waals surface area (Å²) in [4.78, 5) is 8.59. The molecule has 1 aromatic heterocycles. The van der Waals surface area contributed by atoms with Gasteiger partial charge < -0.3 is 10.1 Å². The van der Waals surface area contributed by atoms with Crippen LogP contribution in [0.2, 0.25) is 0 Å². The summed E-state index contributed by atoms with van der Waals surface area (Å²) >= 11 is 0. The van der Waals surface area contributed by atoms with Gasteiger partial charge in [-0.05, 0) is 30.6 Å². The number of aromatic nitrogens is 2. The molecule has 2 atom stereocenters. The summed E-state index contributed by atoms with van der Waals surface area (Å²) in [5, 5.41) is 2.96. The fourth-order valence-corrected chi connectivity index (χ4v) is 3.15. The first-order valence-electron chi connectivity index (χ1n) is 7.09. The topological polar surface area (TPSA) is 47.0 Å². The lowest BCUT2D eigenvalue weighted by molar-refractivity contribution is -0.0327. The lowest BCUT2D eigenvalue weighted by atomic mass is 9.71. The van der Waals surface area contributed by atoms with Crippen molar-refractivity contribution in [3.8, 4) is 0 Å². The lowest BCUT2D eigenvalue weighted by Crippen LogP contribution is -2.32. The molecule has 4 nitrogen and oxygen atoms in total. The van der Waals surface area contributed by atoms with Crippen molar-refractivity contribution < 1.29 is 4.74 Å². The quantitative estimate of drug-likeness (QED) is 0.906. The number of anilines is 1. The van der Waals surface area contributed by atoms with Crippen LogP contribution in [0.5, 0.6) is 0 Å². The number of hydrogen-bond donors (Lipinski definition) is 1. The largest absolute Gasteiger partial charge is 0.372 e. The Kier molecular flexibility index (Phi) is 4.40. The Morgan fingerprint density at radius 1 is 1.32 bits per heavy atom. The molecule has 0 radical (unpaired) electrons. The molecule has 2 rings (SSSR count). The van der Waals surface area contributed by atoms with Gasteiger partial charge in [0.2, 0.25) is 0 Å². The van der Waals surface area contributed by atoms with Crippen LogP contribution in [0.15, 0.2) is 12.4 Å². The van der Waals surface area contributed by atoms with E-state index in [4.69, 9.17) is 4.74 Å². The summed E-state index contributed by atoms with van der Waals surface area (Å²) in [6.07, 6.45) is 7.47. The van der Waals surface area contributed by atoms with Gasteiger partial charge in [0, 0.05) is 7.05 Å². The van der Waals surface area contributed by atoms with Gasteiger partial charge in [0.05, 0.1) is 30.8 Å². The Hall–Kier alpha value is -1.16. The van der Waals surface area contributed by atoms with Crippen LogP contribution in [0.25, 0.3) is 0 Å². The van der Waals surface area contributed by atoms with Crippen molar-refractivity contribution in [2.45, 2.75) is 52.7 Å². The molecule has 1 N–H and O–H groups in total. The molecule has 0 aliphatic heterocycles. The van der Waals surface area contributed by atoms with Crippen molar-refractivity contribution in [3.63, 3.8) is 0 Å². The second-order valence-electron chi connectivity index (χ2n) is 6.49. The summed E-state index contributed by atoms with van der Waals surface area (Å²) in [5.74, 6) is 1.53. The molecule has 1 aliphatic rings. The summed E-state index contributed by atoms with van der Waals surface area (Å²) in [6.45, 7) is 7.55. The molecule has 0 amide bonds. The average molecular weight is 263 g/mol. The standard InChI is InChI=1S/C15H25N3O/c1-11-5-13(7-15(2,3)6-11)19-10-12-8-18-14(16-4)9-17-12/h8-9,11,13H,5-7,10H2,1-4H3,(H,16,18). The van der Waals surface area contributed by atoms with Crippen LogP contribution in [0.4, 0.5) is 5.82 Å². The Morgan fingerprint density at radius 3 is 2.68 bits per heavy atom. The van der Waals surface area contributed by atoms with E-state index < -0.39 is 0 Å². The van der Waals surface area contributed by atoms with Crippen molar-refractivity contribution >= 4 is 5.82 Å². The molecular weight excluding hydrogens is 238 g/mol. The zero-order valence-corrected chi connectivity index (χ0v) is 12.4. The van der Waals surface area contributed by atoms with Crippen LogP contribution >= 0.6 is 0 Å². The summed E-state index contributed by atoms with van der Waals surface area (Å²) in [7, 11) is 1.84. The fourth-order valence-electron chi connectivity index (χ4n) is 3.15. The fraction of sp³-hybridized carbons (Fsp3) is 0.733. The van der Waals surface area contributed by atoms with Gasteiger partial charge in [-0.15, -0.1) is 0 Å². The molecule has 19 heavy (non-hydrogen) atoms. The van der Waals surface area contributed by atoms with E-state index in [1.165, 1.54) is 6.42 Å². The highest BCUT2D eigenvalue weighted by atomic mass is 16.5. The van der Waals surface area contributed by atoms with Gasteiger partial charge in [-0.3, -0.25) is 4.98 Å². The molecule has 0 aromatic carbocycles. The van der Waals surface area contributed by atoms with E-state index in [1.54, 1.807) is 12.4 Å². The van der Waals surface area contributed by atoms with Gasteiger partial charge in [-0.1, -0.05) is 20.8 Å². The molecular formula is C15H25N3O. The molecule has 106 valence electrons. The Morgan fingerprint density at radius 2 is 2.11 bits per heavy atom. The van der Waals surface area contributed by atoms with Crippen LogP contribution in [0.1, 0.15) is 45.7 Å².